The summed E-state index contributed by atoms with van der Waals surface area (Å²) in [7, 11) is 1.30. The van der Waals surface area contributed by atoms with E-state index in [4.69, 9.17) is 4.84 Å². The van der Waals surface area contributed by atoms with Gasteiger partial charge in [0.2, 0.25) is 0 Å². The molecule has 0 unspecified atom stereocenters. The lowest BCUT2D eigenvalue weighted by molar-refractivity contribution is -0.134. The maximum absolute atomic E-state index is 12.0. The monoisotopic (exact) mass is 289 g/mol. The van der Waals surface area contributed by atoms with Crippen molar-refractivity contribution in [3.8, 4) is 0 Å². The molecular weight excluding hydrogens is 274 g/mol. The van der Waals surface area contributed by atoms with Crippen molar-refractivity contribution in [3.63, 3.8) is 0 Å². The molecule has 0 aromatic heterocycles. The zero-order valence-electron chi connectivity index (χ0n) is 11.6. The third-order valence-electron chi connectivity index (χ3n) is 2.95. The van der Waals surface area contributed by atoms with E-state index >= 15 is 0 Å². The fourth-order valence-electron chi connectivity index (χ4n) is 1.89. The Morgan fingerprint density at radius 2 is 1.81 bits per heavy atom. The van der Waals surface area contributed by atoms with Crippen molar-refractivity contribution in [1.82, 2.24) is 5.06 Å². The summed E-state index contributed by atoms with van der Waals surface area (Å²) in [6.45, 7) is 0.205. The predicted molar refractivity (Wildman–Crippen MR) is 73.3 cm³/mol. The Balaban J connectivity index is 1.81. The Morgan fingerprint density at radius 1 is 1.19 bits per heavy atom. The Labute approximate surface area is 121 Å². The number of fused-ring (bicyclic) bond motifs is 1. The number of nitrogens with zero attached hydrogens (tertiary/aromatic N) is 1. The van der Waals surface area contributed by atoms with E-state index in [2.05, 4.69) is 4.74 Å². The molecule has 0 bridgehead atoms. The normalized spacial score (nSPS) is 13.9. The van der Waals surface area contributed by atoms with Crippen LogP contribution in [0.2, 0.25) is 0 Å². The summed E-state index contributed by atoms with van der Waals surface area (Å²) in [5.74, 6) is -1.31. The van der Waals surface area contributed by atoms with E-state index in [1.807, 2.05) is 0 Å². The highest BCUT2D eigenvalue weighted by molar-refractivity contribution is 6.20. The van der Waals surface area contributed by atoms with Crippen molar-refractivity contribution >= 4 is 17.8 Å². The van der Waals surface area contributed by atoms with Crippen LogP contribution in [0.5, 0.6) is 0 Å². The van der Waals surface area contributed by atoms with Crippen LogP contribution >= 0.6 is 0 Å². The van der Waals surface area contributed by atoms with E-state index in [9.17, 15) is 14.4 Å². The molecule has 6 nitrogen and oxygen atoms in total. The van der Waals surface area contributed by atoms with Crippen LogP contribution in [0.4, 0.5) is 0 Å². The Hall–Kier alpha value is -2.47. The summed E-state index contributed by atoms with van der Waals surface area (Å²) in [6, 6.07) is 6.59. The lowest BCUT2D eigenvalue weighted by Gasteiger charge is -2.12. The SMILES string of the molecule is COC(=O)/C=C/CCCON1C(=O)c2ccccc2C1=O. The van der Waals surface area contributed by atoms with Gasteiger partial charge in [0, 0.05) is 6.08 Å². The molecule has 21 heavy (non-hydrogen) atoms. The number of carbonyl (C=O) groups is 3. The standard InChI is InChI=1S/C15H15NO5/c1-20-13(17)9-3-2-6-10-21-16-14(18)11-7-4-5-8-12(11)15(16)19/h3-5,7-9H,2,6,10H2,1H3/b9-3+. The number of unbranched alkanes of at least 4 members (excludes halogenated alkanes) is 1. The molecular formula is C15H15NO5. The molecule has 1 aliphatic heterocycles. The fourth-order valence-corrected chi connectivity index (χ4v) is 1.89. The maximum atomic E-state index is 12.0. The van der Waals surface area contributed by atoms with Crippen LogP contribution in [0.15, 0.2) is 36.4 Å². The van der Waals surface area contributed by atoms with Crippen LogP contribution in [0.1, 0.15) is 33.6 Å². The van der Waals surface area contributed by atoms with Crippen LogP contribution in [-0.4, -0.2) is 36.6 Å². The summed E-state index contributed by atoms with van der Waals surface area (Å²) >= 11 is 0. The zero-order valence-corrected chi connectivity index (χ0v) is 11.6. The molecule has 1 aromatic rings. The highest BCUT2D eigenvalue weighted by Gasteiger charge is 2.36. The molecule has 2 amide bonds. The van der Waals surface area contributed by atoms with Crippen LogP contribution in [-0.2, 0) is 14.4 Å². The average Bonchev–Trinajstić information content (AvgIpc) is 2.75. The zero-order chi connectivity index (χ0) is 15.2. The van der Waals surface area contributed by atoms with E-state index in [0.29, 0.717) is 24.0 Å². The average molecular weight is 289 g/mol. The minimum absolute atomic E-state index is 0.205. The number of carbonyl (C=O) groups excluding carboxylic acids is 3. The first-order chi connectivity index (χ1) is 10.1. The molecule has 0 N–H and O–H groups in total. The number of ether oxygens (including phenoxy) is 1. The second-order valence-electron chi connectivity index (χ2n) is 4.35. The number of hydroxylamine groups is 2. The molecule has 0 aliphatic carbocycles. The third kappa shape index (κ3) is 3.35. The van der Waals surface area contributed by atoms with Crippen molar-refractivity contribution in [2.24, 2.45) is 0 Å². The van der Waals surface area contributed by atoms with Crippen LogP contribution < -0.4 is 0 Å². The molecule has 0 fully saturated rings. The van der Waals surface area contributed by atoms with E-state index in [0.717, 1.165) is 5.06 Å². The highest BCUT2D eigenvalue weighted by Crippen LogP contribution is 2.22. The molecule has 0 atom stereocenters. The van der Waals surface area contributed by atoms with Crippen LogP contribution in [0.3, 0.4) is 0 Å². The summed E-state index contributed by atoms with van der Waals surface area (Å²) < 4.78 is 4.45. The number of hydrogen-bond donors (Lipinski definition) is 0. The van der Waals surface area contributed by atoms with Gasteiger partial charge in [-0.1, -0.05) is 18.2 Å². The number of imide groups is 1. The van der Waals surface area contributed by atoms with E-state index in [-0.39, 0.29) is 6.61 Å². The van der Waals surface area contributed by atoms with Crippen molar-refractivity contribution in [1.29, 1.82) is 0 Å². The van der Waals surface area contributed by atoms with Gasteiger partial charge in [-0.15, -0.1) is 5.06 Å². The van der Waals surface area contributed by atoms with Gasteiger partial charge >= 0.3 is 5.97 Å². The third-order valence-corrected chi connectivity index (χ3v) is 2.95. The number of benzene rings is 1. The molecule has 0 spiro atoms. The Bertz CT molecular complexity index is 558. The number of amides is 2. The van der Waals surface area contributed by atoms with Gasteiger partial charge in [-0.2, -0.15) is 0 Å². The summed E-state index contributed by atoms with van der Waals surface area (Å²) in [6.07, 6.45) is 4.12. The van der Waals surface area contributed by atoms with Gasteiger partial charge in [-0.25, -0.2) is 4.79 Å². The smallest absolute Gasteiger partial charge is 0.330 e. The minimum Gasteiger partial charge on any atom is -0.466 e. The molecule has 2 rings (SSSR count). The molecule has 0 saturated heterocycles. The first-order valence-electron chi connectivity index (χ1n) is 6.50. The number of allylic oxidation sites excluding steroid dienone is 1. The Morgan fingerprint density at radius 3 is 2.38 bits per heavy atom. The molecule has 0 saturated carbocycles. The quantitative estimate of drug-likeness (QED) is 0.345. The van der Waals surface area contributed by atoms with Gasteiger partial charge < -0.3 is 4.74 Å². The number of esters is 1. The van der Waals surface area contributed by atoms with Crippen LogP contribution in [0, 0.1) is 0 Å². The van der Waals surface area contributed by atoms with Crippen molar-refractivity contribution < 1.29 is 24.0 Å². The van der Waals surface area contributed by atoms with Crippen molar-refractivity contribution in [2.75, 3.05) is 13.7 Å². The summed E-state index contributed by atoms with van der Waals surface area (Å²) in [4.78, 5) is 40.0. The second-order valence-corrected chi connectivity index (χ2v) is 4.35. The number of rotatable bonds is 6. The first kappa shape index (κ1) is 14.9. The first-order valence-corrected chi connectivity index (χ1v) is 6.50. The highest BCUT2D eigenvalue weighted by atomic mass is 16.7. The summed E-state index contributed by atoms with van der Waals surface area (Å²) in [5, 5.41) is 0.786. The molecule has 1 aliphatic rings. The molecule has 0 radical (unpaired) electrons. The fraction of sp³-hybridized carbons (Fsp3) is 0.267. The van der Waals surface area contributed by atoms with E-state index < -0.39 is 17.8 Å². The lowest BCUT2D eigenvalue weighted by Crippen LogP contribution is -2.30. The molecule has 110 valence electrons. The van der Waals surface area contributed by atoms with Crippen LogP contribution in [0.25, 0.3) is 0 Å². The maximum Gasteiger partial charge on any atom is 0.330 e. The van der Waals surface area contributed by atoms with Gasteiger partial charge in [0.05, 0.1) is 24.8 Å². The topological polar surface area (TPSA) is 72.9 Å². The predicted octanol–water partition coefficient (Wildman–Crippen LogP) is 1.72. The van der Waals surface area contributed by atoms with E-state index in [1.54, 1.807) is 30.3 Å². The largest absolute Gasteiger partial charge is 0.466 e. The number of hydrogen-bond acceptors (Lipinski definition) is 5. The second kappa shape index (κ2) is 6.81. The molecule has 6 heteroatoms. The van der Waals surface area contributed by atoms with Gasteiger partial charge in [0.1, 0.15) is 0 Å². The van der Waals surface area contributed by atoms with Crippen molar-refractivity contribution in [2.45, 2.75) is 12.8 Å². The van der Waals surface area contributed by atoms with Gasteiger partial charge in [-0.05, 0) is 25.0 Å². The Kier molecular flexibility index (Phi) is 4.84. The molecule has 1 heterocycles. The van der Waals surface area contributed by atoms with Gasteiger partial charge in [-0.3, -0.25) is 14.4 Å². The van der Waals surface area contributed by atoms with Gasteiger partial charge in [0.25, 0.3) is 11.8 Å². The van der Waals surface area contributed by atoms with E-state index in [1.165, 1.54) is 13.2 Å². The minimum atomic E-state index is -0.444. The van der Waals surface area contributed by atoms with Gasteiger partial charge in [0.15, 0.2) is 0 Å². The van der Waals surface area contributed by atoms with Crippen molar-refractivity contribution in [3.05, 3.63) is 47.5 Å². The lowest BCUT2D eigenvalue weighted by atomic mass is 10.1. The summed E-state index contributed by atoms with van der Waals surface area (Å²) in [5.41, 5.74) is 0.709. The number of methoxy groups -OCH3 is 1. The molecule has 1 aromatic carbocycles.